The number of rotatable bonds is 1. The first-order chi connectivity index (χ1) is 5.77. The highest BCUT2D eigenvalue weighted by Crippen LogP contribution is 2.21. The van der Waals surface area contributed by atoms with Gasteiger partial charge in [0.05, 0.1) is 12.6 Å². The van der Waals surface area contributed by atoms with Crippen molar-refractivity contribution in [2.24, 2.45) is 0 Å². The van der Waals surface area contributed by atoms with Crippen molar-refractivity contribution < 1.29 is 4.74 Å². The van der Waals surface area contributed by atoms with E-state index in [0.717, 1.165) is 25.5 Å². The number of hydrogen-bond acceptors (Lipinski definition) is 3. The maximum absolute atomic E-state index is 5.57. The van der Waals surface area contributed by atoms with E-state index in [1.165, 1.54) is 0 Å². The number of aryl methyl sites for hydroxylation is 1. The Morgan fingerprint density at radius 1 is 1.75 bits per heavy atom. The first-order valence-corrected chi connectivity index (χ1v) is 4.16. The number of imidazole rings is 1. The average molecular weight is 167 g/mol. The Labute approximate surface area is 71.3 Å². The van der Waals surface area contributed by atoms with Crippen LogP contribution in [0.3, 0.4) is 0 Å². The van der Waals surface area contributed by atoms with Crippen molar-refractivity contribution >= 4 is 5.82 Å². The van der Waals surface area contributed by atoms with Gasteiger partial charge in [-0.2, -0.15) is 0 Å². The third-order valence-electron chi connectivity index (χ3n) is 2.23. The molecule has 2 heterocycles. The molecule has 2 rings (SSSR count). The summed E-state index contributed by atoms with van der Waals surface area (Å²) in [4.78, 5) is 4.14. The Kier molecular flexibility index (Phi) is 1.77. The average Bonchev–Trinajstić information content (AvgIpc) is 2.58. The lowest BCUT2D eigenvalue weighted by Crippen LogP contribution is -2.08. The van der Waals surface area contributed by atoms with Crippen LogP contribution in [0.5, 0.6) is 0 Å². The second-order valence-corrected chi connectivity index (χ2v) is 3.14. The molecule has 0 bridgehead atoms. The van der Waals surface area contributed by atoms with Gasteiger partial charge in [0.1, 0.15) is 11.6 Å². The van der Waals surface area contributed by atoms with Gasteiger partial charge >= 0.3 is 0 Å². The molecular weight excluding hydrogens is 154 g/mol. The van der Waals surface area contributed by atoms with Crippen LogP contribution in [-0.2, 0) is 4.74 Å². The van der Waals surface area contributed by atoms with Gasteiger partial charge in [-0.1, -0.05) is 0 Å². The highest BCUT2D eigenvalue weighted by atomic mass is 16.5. The van der Waals surface area contributed by atoms with Crippen molar-refractivity contribution in [1.29, 1.82) is 0 Å². The molecule has 0 spiro atoms. The summed E-state index contributed by atoms with van der Waals surface area (Å²) in [5.74, 6) is 1.57. The van der Waals surface area contributed by atoms with Gasteiger partial charge in [-0.25, -0.2) is 4.98 Å². The summed E-state index contributed by atoms with van der Waals surface area (Å²) < 4.78 is 7.39. The number of nitrogens with zero attached hydrogens (tertiary/aromatic N) is 2. The van der Waals surface area contributed by atoms with Crippen molar-refractivity contribution in [1.82, 2.24) is 9.55 Å². The molecule has 1 saturated heterocycles. The minimum atomic E-state index is 0.440. The van der Waals surface area contributed by atoms with Gasteiger partial charge in [0.15, 0.2) is 0 Å². The first kappa shape index (κ1) is 7.61. The van der Waals surface area contributed by atoms with Crippen LogP contribution < -0.4 is 5.73 Å². The Balaban J connectivity index is 2.25. The monoisotopic (exact) mass is 167 g/mol. The van der Waals surface area contributed by atoms with Crippen molar-refractivity contribution in [2.75, 3.05) is 18.9 Å². The number of nitrogens with two attached hydrogens (primary N) is 1. The molecule has 1 fully saturated rings. The molecule has 4 nitrogen and oxygen atoms in total. The van der Waals surface area contributed by atoms with E-state index in [1.54, 1.807) is 0 Å². The molecule has 4 heteroatoms. The van der Waals surface area contributed by atoms with E-state index in [4.69, 9.17) is 10.5 Å². The third-order valence-corrected chi connectivity index (χ3v) is 2.23. The maximum atomic E-state index is 5.57. The van der Waals surface area contributed by atoms with Gasteiger partial charge in [0.25, 0.3) is 0 Å². The molecule has 0 saturated carbocycles. The van der Waals surface area contributed by atoms with E-state index in [1.807, 2.05) is 13.1 Å². The lowest BCUT2D eigenvalue weighted by Gasteiger charge is -2.10. The number of anilines is 1. The van der Waals surface area contributed by atoms with Crippen LogP contribution in [0.4, 0.5) is 5.82 Å². The first-order valence-electron chi connectivity index (χ1n) is 4.16. The van der Waals surface area contributed by atoms with Crippen molar-refractivity contribution in [3.63, 3.8) is 0 Å². The van der Waals surface area contributed by atoms with E-state index < -0.39 is 0 Å². The van der Waals surface area contributed by atoms with Crippen LogP contribution in [0.15, 0.2) is 6.20 Å². The summed E-state index contributed by atoms with van der Waals surface area (Å²) in [5, 5.41) is 0. The molecule has 0 aromatic carbocycles. The smallest absolute Gasteiger partial charge is 0.141 e. The highest BCUT2D eigenvalue weighted by molar-refractivity contribution is 5.26. The van der Waals surface area contributed by atoms with Crippen LogP contribution in [0, 0.1) is 6.92 Å². The van der Waals surface area contributed by atoms with Gasteiger partial charge < -0.3 is 15.0 Å². The molecule has 1 unspecified atom stereocenters. The topological polar surface area (TPSA) is 53.1 Å². The molecule has 0 radical (unpaired) electrons. The van der Waals surface area contributed by atoms with E-state index >= 15 is 0 Å². The fourth-order valence-corrected chi connectivity index (χ4v) is 1.62. The number of ether oxygens (including phenoxy) is 1. The van der Waals surface area contributed by atoms with Crippen LogP contribution in [0.25, 0.3) is 0 Å². The summed E-state index contributed by atoms with van der Waals surface area (Å²) in [5.41, 5.74) is 5.57. The number of hydrogen-bond donors (Lipinski definition) is 1. The van der Waals surface area contributed by atoms with Crippen LogP contribution >= 0.6 is 0 Å². The van der Waals surface area contributed by atoms with Crippen molar-refractivity contribution in [3.05, 3.63) is 12.0 Å². The van der Waals surface area contributed by atoms with Crippen LogP contribution in [0.2, 0.25) is 0 Å². The molecule has 1 aromatic heterocycles. The Morgan fingerprint density at radius 2 is 2.58 bits per heavy atom. The lowest BCUT2D eigenvalue weighted by molar-refractivity contribution is 0.186. The molecule has 0 aliphatic carbocycles. The quantitative estimate of drug-likeness (QED) is 0.671. The summed E-state index contributed by atoms with van der Waals surface area (Å²) in [6.45, 7) is 3.60. The maximum Gasteiger partial charge on any atom is 0.141 e. The predicted molar refractivity (Wildman–Crippen MR) is 45.8 cm³/mol. The zero-order valence-corrected chi connectivity index (χ0v) is 7.16. The minimum absolute atomic E-state index is 0.440. The Bertz CT molecular complexity index is 276. The number of nitrogen functional groups attached to an aromatic ring is 1. The lowest BCUT2D eigenvalue weighted by atomic mass is 10.2. The van der Waals surface area contributed by atoms with Gasteiger partial charge in [-0.3, -0.25) is 0 Å². The summed E-state index contributed by atoms with van der Waals surface area (Å²) in [6, 6.07) is 0.440. The van der Waals surface area contributed by atoms with Gasteiger partial charge in [-0.05, 0) is 13.3 Å². The molecule has 1 atom stereocenters. The highest BCUT2D eigenvalue weighted by Gasteiger charge is 2.18. The van der Waals surface area contributed by atoms with Crippen LogP contribution in [0.1, 0.15) is 18.3 Å². The Morgan fingerprint density at radius 3 is 3.08 bits per heavy atom. The van der Waals surface area contributed by atoms with Crippen molar-refractivity contribution in [3.8, 4) is 0 Å². The zero-order valence-electron chi connectivity index (χ0n) is 7.16. The third kappa shape index (κ3) is 1.18. The summed E-state index contributed by atoms with van der Waals surface area (Å²) in [7, 11) is 0. The molecule has 1 aliphatic rings. The van der Waals surface area contributed by atoms with Crippen molar-refractivity contribution in [2.45, 2.75) is 19.4 Å². The SMILES string of the molecule is Cc1nc(N)cn1C1CCOC1. The van der Waals surface area contributed by atoms with Gasteiger partial charge in [0.2, 0.25) is 0 Å². The fourth-order valence-electron chi connectivity index (χ4n) is 1.62. The van der Waals surface area contributed by atoms with E-state index in [2.05, 4.69) is 9.55 Å². The molecule has 66 valence electrons. The summed E-state index contributed by atoms with van der Waals surface area (Å²) >= 11 is 0. The largest absolute Gasteiger partial charge is 0.382 e. The van der Waals surface area contributed by atoms with E-state index in [9.17, 15) is 0 Å². The molecule has 0 amide bonds. The zero-order chi connectivity index (χ0) is 8.55. The fraction of sp³-hybridized carbons (Fsp3) is 0.625. The second kappa shape index (κ2) is 2.79. The van der Waals surface area contributed by atoms with Gasteiger partial charge in [0, 0.05) is 12.8 Å². The second-order valence-electron chi connectivity index (χ2n) is 3.14. The Hall–Kier alpha value is -1.03. The molecular formula is C8H13N3O. The number of aromatic nitrogens is 2. The van der Waals surface area contributed by atoms with Crippen LogP contribution in [-0.4, -0.2) is 22.8 Å². The minimum Gasteiger partial charge on any atom is -0.382 e. The molecule has 12 heavy (non-hydrogen) atoms. The normalized spacial score (nSPS) is 23.2. The molecule has 1 aromatic rings. The molecule has 2 N–H and O–H groups in total. The van der Waals surface area contributed by atoms with E-state index in [-0.39, 0.29) is 0 Å². The van der Waals surface area contributed by atoms with E-state index in [0.29, 0.717) is 11.9 Å². The predicted octanol–water partition coefficient (Wildman–Crippen LogP) is 0.735. The standard InChI is InChI=1S/C8H13N3O/c1-6-10-8(9)4-11(6)7-2-3-12-5-7/h4,7H,2-3,5,9H2,1H3. The van der Waals surface area contributed by atoms with Gasteiger partial charge in [-0.15, -0.1) is 0 Å². The molecule has 1 aliphatic heterocycles. The summed E-state index contributed by atoms with van der Waals surface area (Å²) in [6.07, 6.45) is 2.95.